The standard InChI is InChI=1S/C7H8.3C5H7N.2C5H6O.2C5H6S.3C4H5NO.2C4H5NS.13C2H6.CH4/c1-7-5-3-2-4-6-7;1-5-2-3-6-4-5;1-6-4-2-3-5-6;1-5-3-2-4-6-5;1-5-2-3-6-4-5;1-5-3-2-4-6-5;1-5-2-3-6-4-5;1-5-3-2-4-6-5;1-4-2-6-3-5-4;1-4-2-5-3-6-4;1-4-5-2-3-6-4;1-4-2-6-3-5-4;1-4-5-2-3-6-4;13*1-2;/h2-6H,1H3;2-4,6H,1H3;2-5H,1H3;2-4,6H,1H3;4*2-4H,1H3;5*2-3H,1H3;13*1-2H3;1H4. The summed E-state index contributed by atoms with van der Waals surface area (Å²) in [4.78, 5) is 26.3. The second-order valence-corrected chi connectivity index (χ2v) is 20.0. The number of hydrogen-bond donors (Lipinski definition) is 2. The second kappa shape index (κ2) is 127. The van der Waals surface area contributed by atoms with Gasteiger partial charge in [-0.3, -0.25) is 9.97 Å². The number of furan rings is 2. The van der Waals surface area contributed by atoms with Gasteiger partial charge >= 0.3 is 0 Å². The molecule has 13 rings (SSSR count). The van der Waals surface area contributed by atoms with Crippen LogP contribution >= 0.6 is 45.3 Å². The maximum absolute atomic E-state index is 4.83. The summed E-state index contributed by atoms with van der Waals surface area (Å²) in [6.07, 6.45) is 25.9. The zero-order valence-corrected chi connectivity index (χ0v) is 77.0. The molecule has 0 aliphatic heterocycles. The smallest absolute Gasteiger partial charge is 0.190 e. The van der Waals surface area contributed by atoms with Crippen molar-refractivity contribution in [2.75, 3.05) is 0 Å². The first-order valence-electron chi connectivity index (χ1n) is 37.6. The van der Waals surface area contributed by atoms with Gasteiger partial charge in [0.25, 0.3) is 0 Å². The lowest BCUT2D eigenvalue weighted by atomic mass is 10.2. The number of benzene rings is 1. The van der Waals surface area contributed by atoms with Crippen LogP contribution in [0, 0.1) is 83.1 Å². The lowest BCUT2D eigenvalue weighted by Gasteiger charge is -1.82. The fourth-order valence-electron chi connectivity index (χ4n) is 4.58. The summed E-state index contributed by atoms with van der Waals surface area (Å²) in [6.45, 7) is 75.8. The quantitative estimate of drug-likeness (QED) is 0.149. The van der Waals surface area contributed by atoms with Gasteiger partial charge in [0.05, 0.1) is 47.4 Å². The Morgan fingerprint density at radius 1 is 0.387 bits per heavy atom. The molecule has 0 saturated carbocycles. The van der Waals surface area contributed by atoms with Crippen LogP contribution in [-0.2, 0) is 7.05 Å². The molecule has 12 heterocycles. The van der Waals surface area contributed by atoms with E-state index in [4.69, 9.17) is 17.7 Å². The maximum atomic E-state index is 4.83. The fraction of sp³-hybridized carbons (Fsp3) is 0.449. The molecule has 13 aromatic rings. The Hall–Kier alpha value is -8.09. The van der Waals surface area contributed by atoms with Crippen LogP contribution in [0.25, 0.3) is 0 Å². The Morgan fingerprint density at radius 2 is 0.972 bits per heavy atom. The third-order valence-corrected chi connectivity index (χ3v) is 11.6. The van der Waals surface area contributed by atoms with Gasteiger partial charge in [-0.2, -0.15) is 11.3 Å². The number of nitrogens with zero attached hydrogens (tertiary/aromatic N) is 6. The minimum atomic E-state index is 0. The van der Waals surface area contributed by atoms with Crippen molar-refractivity contribution in [3.63, 3.8) is 0 Å². The van der Waals surface area contributed by atoms with E-state index in [1.54, 1.807) is 102 Å². The Morgan fingerprint density at radius 3 is 1.10 bits per heavy atom. The molecule has 12 aromatic heterocycles. The minimum absolute atomic E-state index is 0. The second-order valence-electron chi connectivity index (χ2n) is 16.3. The summed E-state index contributed by atoms with van der Waals surface area (Å²) in [7, 11) is 2.00. The molecule has 0 aliphatic rings. The normalized spacial score (nSPS) is 7.31. The molecule has 0 spiro atoms. The zero-order chi connectivity index (χ0) is 84.0. The van der Waals surface area contributed by atoms with Gasteiger partial charge in [0, 0.05) is 78.2 Å². The monoisotopic (exact) mass is 1550 g/mol. The van der Waals surface area contributed by atoms with Gasteiger partial charge in [-0.05, 0) is 170 Å². The van der Waals surface area contributed by atoms with Gasteiger partial charge in [-0.25, -0.2) is 15.0 Å². The molecule has 2 N–H and O–H groups in total. The predicted molar refractivity (Wildman–Crippen MR) is 484 cm³/mol. The van der Waals surface area contributed by atoms with Gasteiger partial charge in [-0.15, -0.1) is 34.0 Å². The van der Waals surface area contributed by atoms with Crippen LogP contribution in [0.4, 0.5) is 0 Å². The first-order chi connectivity index (χ1) is 51.1. The predicted octanol–water partition coefficient (Wildman–Crippen LogP) is 32.8. The number of aryl methyl sites for hydroxylation is 13. The van der Waals surface area contributed by atoms with Crippen molar-refractivity contribution < 1.29 is 22.1 Å². The van der Waals surface area contributed by atoms with Crippen molar-refractivity contribution in [2.45, 2.75) is 271 Å². The van der Waals surface area contributed by atoms with E-state index in [9.17, 15) is 0 Å². The molecule has 0 amide bonds. The van der Waals surface area contributed by atoms with E-state index in [-0.39, 0.29) is 7.43 Å². The molecule has 1 aromatic carbocycles. The molecule has 0 radical (unpaired) electrons. The van der Waals surface area contributed by atoms with Gasteiger partial charge in [0.1, 0.15) is 24.0 Å². The average Bonchev–Trinajstić information content (AvgIpc) is 2.28. The highest BCUT2D eigenvalue weighted by Gasteiger charge is 1.82. The van der Waals surface area contributed by atoms with Gasteiger partial charge < -0.3 is 36.6 Å². The Kier molecular flexibility index (Phi) is 156. The minimum Gasteiger partial charge on any atom is -0.472 e. The Bertz CT molecular complexity index is 2340. The van der Waals surface area contributed by atoms with Crippen molar-refractivity contribution in [1.29, 1.82) is 0 Å². The molecule has 106 heavy (non-hydrogen) atoms. The summed E-state index contributed by atoms with van der Waals surface area (Å²) < 4.78 is 25.6. The lowest BCUT2D eigenvalue weighted by molar-refractivity contribution is 0.521. The number of thiophene rings is 2. The SMILES string of the molecule is C.CC.CC.CC.CC.CC.CC.CC.CC.CC.CC.CC.CC.CC.Cc1cc[nH]c1.Cc1ccc[nH]1.Cc1ccccc1.Cc1ccco1.Cc1cccs1.Cc1ccoc1.Cc1ccsc1.Cc1cnco1.Cc1cocn1.Cc1cscn1.Cc1ncco1.Cc1nccs1.Cn1cccc1. The van der Waals surface area contributed by atoms with Crippen molar-refractivity contribution in [1.82, 2.24) is 39.5 Å². The average molecular weight is 1550 g/mol. The zero-order valence-electron chi connectivity index (χ0n) is 73.7. The number of rotatable bonds is 0. The van der Waals surface area contributed by atoms with Crippen LogP contribution in [0.1, 0.15) is 254 Å². The third kappa shape index (κ3) is 123. The van der Waals surface area contributed by atoms with E-state index in [1.807, 2.05) is 354 Å². The molecular weight excluding hydrogens is 1390 g/mol. The fourth-order valence-corrected chi connectivity index (χ4v) is 6.76. The molecular formula is C89H160N8O5S4. The molecule has 0 bridgehead atoms. The molecule has 13 nitrogen and oxygen atoms in total. The van der Waals surface area contributed by atoms with Crippen molar-refractivity contribution in [2.24, 2.45) is 7.05 Å². The maximum Gasteiger partial charge on any atom is 0.190 e. The van der Waals surface area contributed by atoms with Crippen LogP contribution in [0.3, 0.4) is 0 Å². The van der Waals surface area contributed by atoms with Crippen LogP contribution in [0.2, 0.25) is 0 Å². The van der Waals surface area contributed by atoms with E-state index in [2.05, 4.69) is 113 Å². The number of oxazole rings is 3. The molecule has 0 atom stereocenters. The number of nitrogens with one attached hydrogen (secondary N) is 2. The van der Waals surface area contributed by atoms with Crippen molar-refractivity contribution in [3.05, 3.63) is 290 Å². The van der Waals surface area contributed by atoms with Crippen LogP contribution < -0.4 is 0 Å². The van der Waals surface area contributed by atoms with E-state index in [1.165, 1.54) is 45.6 Å². The van der Waals surface area contributed by atoms with Gasteiger partial charge in [-0.1, -0.05) is 229 Å². The molecule has 0 unspecified atom stereocenters. The van der Waals surface area contributed by atoms with Crippen molar-refractivity contribution >= 4 is 45.3 Å². The van der Waals surface area contributed by atoms with Crippen LogP contribution in [0.15, 0.2) is 245 Å². The molecule has 17 heteroatoms. The Balaban J connectivity index is -0.0000000702. The lowest BCUT2D eigenvalue weighted by Crippen LogP contribution is -1.75. The van der Waals surface area contributed by atoms with Gasteiger partial charge in [0.15, 0.2) is 18.7 Å². The summed E-state index contributed by atoms with van der Waals surface area (Å²) in [5.41, 5.74) is 10.2. The van der Waals surface area contributed by atoms with Crippen molar-refractivity contribution in [3.8, 4) is 0 Å². The highest BCUT2D eigenvalue weighted by molar-refractivity contribution is 7.10. The van der Waals surface area contributed by atoms with E-state index >= 15 is 0 Å². The molecule has 0 aliphatic carbocycles. The van der Waals surface area contributed by atoms with E-state index in [0.29, 0.717) is 0 Å². The summed E-state index contributed by atoms with van der Waals surface area (Å²) >= 11 is 6.81. The van der Waals surface area contributed by atoms with Crippen LogP contribution in [0.5, 0.6) is 0 Å². The van der Waals surface area contributed by atoms with E-state index < -0.39 is 0 Å². The largest absolute Gasteiger partial charge is 0.472 e. The molecule has 0 fully saturated rings. The summed E-state index contributed by atoms with van der Waals surface area (Å²) in [6, 6.07) is 32.3. The van der Waals surface area contributed by atoms with E-state index in [0.717, 1.165) is 33.8 Å². The molecule has 0 saturated heterocycles. The first-order valence-corrected chi connectivity index (χ1v) is 41.3. The number of hydrogen-bond acceptors (Lipinski definition) is 14. The van der Waals surface area contributed by atoms with Gasteiger partial charge in [0.2, 0.25) is 0 Å². The molecule has 610 valence electrons. The Labute approximate surface area is 669 Å². The highest BCUT2D eigenvalue weighted by Crippen LogP contribution is 2.04. The highest BCUT2D eigenvalue weighted by atomic mass is 32.1. The summed E-state index contributed by atoms with van der Waals surface area (Å²) in [5.74, 6) is 2.54. The number of aromatic nitrogens is 8. The third-order valence-electron chi connectivity index (χ3n) is 8.63. The van der Waals surface area contributed by atoms with Crippen LogP contribution in [-0.4, -0.2) is 39.5 Å². The number of aromatic amines is 2. The topological polar surface area (TPSA) is 167 Å². The first kappa shape index (κ1) is 131. The number of H-pyrrole nitrogens is 2. The summed E-state index contributed by atoms with van der Waals surface area (Å²) in [5, 5.41) is 11.4. The number of thiazole rings is 2.